The highest BCUT2D eigenvalue weighted by molar-refractivity contribution is 5.99. The molecule has 3 aliphatic rings. The minimum atomic E-state index is -0.534. The molecule has 0 radical (unpaired) electrons. The van der Waals surface area contributed by atoms with Crippen LogP contribution in [0.3, 0.4) is 0 Å². The number of nitro benzene ring substituents is 2. The number of hydrogen-bond donors (Lipinski definition) is 0. The van der Waals surface area contributed by atoms with Gasteiger partial charge in [-0.3, -0.25) is 29.8 Å². The Labute approximate surface area is 242 Å². The largest absolute Gasteiger partial charge is 0.489 e. The molecule has 3 heterocycles. The molecule has 3 aliphatic heterocycles. The van der Waals surface area contributed by atoms with E-state index in [1.54, 1.807) is 9.80 Å². The van der Waals surface area contributed by atoms with Gasteiger partial charge in [-0.25, -0.2) is 0 Å². The fraction of sp³-hybridized carbons (Fsp3) is 0.500. The van der Waals surface area contributed by atoms with E-state index >= 15 is 0 Å². The molecule has 14 heteroatoms. The lowest BCUT2D eigenvalue weighted by molar-refractivity contribution is -0.385. The maximum Gasteiger partial charge on any atom is 0.274 e. The molecule has 0 aliphatic carbocycles. The quantitative estimate of drug-likeness (QED) is 0.353. The van der Waals surface area contributed by atoms with Gasteiger partial charge in [-0.2, -0.15) is 0 Å². The zero-order chi connectivity index (χ0) is 30.2. The van der Waals surface area contributed by atoms with Crippen molar-refractivity contribution in [2.45, 2.75) is 39.5 Å². The minimum Gasteiger partial charge on any atom is -0.489 e. The van der Waals surface area contributed by atoms with Crippen LogP contribution in [0.1, 0.15) is 60.2 Å². The van der Waals surface area contributed by atoms with E-state index in [4.69, 9.17) is 18.9 Å². The molecule has 2 amide bonds. The molecule has 0 spiro atoms. The SMILES string of the molecule is CCN(CC)C(=O)c1cc([N+](=O)[O-])cc2c1OCCCO2.O=C(c1cc([N+](=O)[O-])cc2c1OCCCO2)N1CCCC1. The van der Waals surface area contributed by atoms with Crippen LogP contribution in [0, 0.1) is 20.2 Å². The van der Waals surface area contributed by atoms with Crippen LogP contribution in [-0.4, -0.2) is 84.1 Å². The van der Waals surface area contributed by atoms with Crippen LogP contribution in [0.4, 0.5) is 11.4 Å². The summed E-state index contributed by atoms with van der Waals surface area (Å²) in [6.45, 7) is 7.80. The summed E-state index contributed by atoms with van der Waals surface area (Å²) in [6, 6.07) is 5.17. The average molecular weight is 587 g/mol. The second-order valence-corrected chi connectivity index (χ2v) is 9.73. The molecular formula is C28H34N4O10. The smallest absolute Gasteiger partial charge is 0.274 e. The number of non-ortho nitro benzene ring substituents is 2. The van der Waals surface area contributed by atoms with E-state index in [0.29, 0.717) is 76.9 Å². The van der Waals surface area contributed by atoms with Crippen molar-refractivity contribution in [1.82, 2.24) is 9.80 Å². The van der Waals surface area contributed by atoms with Crippen LogP contribution < -0.4 is 18.9 Å². The van der Waals surface area contributed by atoms with Gasteiger partial charge in [0.1, 0.15) is 0 Å². The molecule has 0 N–H and O–H groups in total. The molecule has 1 saturated heterocycles. The minimum absolute atomic E-state index is 0.151. The normalized spacial score (nSPS) is 15.4. The number of carbonyl (C=O) groups excluding carboxylic acids is 2. The summed E-state index contributed by atoms with van der Waals surface area (Å²) in [5, 5.41) is 22.1. The van der Waals surface area contributed by atoms with Crippen molar-refractivity contribution < 1.29 is 38.4 Å². The number of nitrogens with zero attached hydrogens (tertiary/aromatic N) is 4. The number of amides is 2. The van der Waals surface area contributed by atoms with Gasteiger partial charge >= 0.3 is 0 Å². The lowest BCUT2D eigenvalue weighted by atomic mass is 10.1. The summed E-state index contributed by atoms with van der Waals surface area (Å²) in [5.74, 6) is 0.662. The summed E-state index contributed by atoms with van der Waals surface area (Å²) >= 11 is 0. The van der Waals surface area contributed by atoms with Gasteiger partial charge in [-0.05, 0) is 26.7 Å². The number of rotatable bonds is 6. The van der Waals surface area contributed by atoms with Crippen LogP contribution in [-0.2, 0) is 0 Å². The summed E-state index contributed by atoms with van der Waals surface area (Å²) in [5.41, 5.74) is 0.0874. The Morgan fingerprint density at radius 3 is 1.67 bits per heavy atom. The van der Waals surface area contributed by atoms with E-state index < -0.39 is 9.85 Å². The van der Waals surface area contributed by atoms with Gasteiger partial charge in [0.2, 0.25) is 0 Å². The predicted molar refractivity (Wildman–Crippen MR) is 150 cm³/mol. The van der Waals surface area contributed by atoms with Crippen LogP contribution in [0.15, 0.2) is 24.3 Å². The third kappa shape index (κ3) is 6.81. The number of benzene rings is 2. The fourth-order valence-corrected chi connectivity index (χ4v) is 4.82. The maximum atomic E-state index is 12.6. The molecule has 0 atom stereocenters. The standard InChI is InChI=1S/C14H16N2O5.C14H18N2O5/c17-14(15-4-1-2-5-15)11-8-10(16(18)19)9-12-13(11)21-7-3-6-20-12;1-3-15(4-2)14(17)11-8-10(16(18)19)9-12-13(11)21-7-5-6-20-12/h8-9H,1-7H2;8-9H,3-7H2,1-2H3. The molecule has 0 aromatic heterocycles. The molecule has 0 saturated carbocycles. The zero-order valence-electron chi connectivity index (χ0n) is 23.7. The van der Waals surface area contributed by atoms with Crippen LogP contribution in [0.2, 0.25) is 0 Å². The first-order chi connectivity index (χ1) is 20.2. The Kier molecular flexibility index (Phi) is 9.99. The molecule has 42 heavy (non-hydrogen) atoms. The van der Waals surface area contributed by atoms with Gasteiger partial charge in [0.25, 0.3) is 23.2 Å². The van der Waals surface area contributed by atoms with Crippen LogP contribution >= 0.6 is 0 Å². The lowest BCUT2D eigenvalue weighted by Gasteiger charge is -2.20. The summed E-state index contributed by atoms with van der Waals surface area (Å²) < 4.78 is 22.1. The second kappa shape index (κ2) is 13.8. The first-order valence-electron chi connectivity index (χ1n) is 14.0. The van der Waals surface area contributed by atoms with Gasteiger partial charge in [0.05, 0.1) is 59.5 Å². The van der Waals surface area contributed by atoms with E-state index in [1.165, 1.54) is 24.3 Å². The average Bonchev–Trinajstić information content (AvgIpc) is 3.27. The first kappa shape index (κ1) is 30.3. The highest BCUT2D eigenvalue weighted by atomic mass is 16.6. The topological polar surface area (TPSA) is 164 Å². The summed E-state index contributed by atoms with van der Waals surface area (Å²) in [4.78, 5) is 49.4. The third-order valence-electron chi connectivity index (χ3n) is 6.99. The molecule has 1 fully saturated rings. The lowest BCUT2D eigenvalue weighted by Crippen LogP contribution is -2.30. The van der Waals surface area contributed by atoms with Gasteiger partial charge in [0.15, 0.2) is 23.0 Å². The van der Waals surface area contributed by atoms with Gasteiger partial charge in [-0.15, -0.1) is 0 Å². The molecular weight excluding hydrogens is 552 g/mol. The van der Waals surface area contributed by atoms with E-state index in [0.717, 1.165) is 12.8 Å². The molecule has 0 bridgehead atoms. The Bertz CT molecular complexity index is 1250. The number of hydrogen-bond acceptors (Lipinski definition) is 10. The summed E-state index contributed by atoms with van der Waals surface area (Å²) in [7, 11) is 0. The number of ether oxygens (including phenoxy) is 4. The highest BCUT2D eigenvalue weighted by Crippen LogP contribution is 2.39. The van der Waals surface area contributed by atoms with E-state index in [9.17, 15) is 29.8 Å². The Morgan fingerprint density at radius 2 is 1.19 bits per heavy atom. The van der Waals surface area contributed by atoms with Crippen LogP contribution in [0.5, 0.6) is 23.0 Å². The number of nitro groups is 2. The molecule has 2 aromatic rings. The van der Waals surface area contributed by atoms with Crippen molar-refractivity contribution in [3.8, 4) is 23.0 Å². The Morgan fingerprint density at radius 1 is 0.738 bits per heavy atom. The van der Waals surface area contributed by atoms with Gasteiger partial charge in [0, 0.05) is 51.2 Å². The third-order valence-corrected chi connectivity index (χ3v) is 6.99. The predicted octanol–water partition coefficient (Wildman–Crippen LogP) is 4.23. The molecule has 226 valence electrons. The van der Waals surface area contributed by atoms with Crippen molar-refractivity contribution in [2.24, 2.45) is 0 Å². The van der Waals surface area contributed by atoms with Crippen molar-refractivity contribution in [3.63, 3.8) is 0 Å². The maximum absolute atomic E-state index is 12.6. The van der Waals surface area contributed by atoms with Crippen molar-refractivity contribution in [2.75, 3.05) is 52.6 Å². The van der Waals surface area contributed by atoms with Crippen molar-refractivity contribution >= 4 is 23.2 Å². The fourth-order valence-electron chi connectivity index (χ4n) is 4.82. The van der Waals surface area contributed by atoms with E-state index in [-0.39, 0.29) is 45.8 Å². The summed E-state index contributed by atoms with van der Waals surface area (Å²) in [6.07, 6.45) is 3.27. The highest BCUT2D eigenvalue weighted by Gasteiger charge is 2.29. The van der Waals surface area contributed by atoms with Gasteiger partial charge < -0.3 is 28.7 Å². The number of likely N-dealkylation sites (tertiary alicyclic amines) is 1. The van der Waals surface area contributed by atoms with E-state index in [2.05, 4.69) is 0 Å². The molecule has 5 rings (SSSR count). The number of fused-ring (bicyclic) bond motifs is 2. The molecule has 2 aromatic carbocycles. The van der Waals surface area contributed by atoms with Crippen molar-refractivity contribution in [3.05, 3.63) is 55.6 Å². The molecule has 0 unspecified atom stereocenters. The Balaban J connectivity index is 0.000000193. The second-order valence-electron chi connectivity index (χ2n) is 9.73. The monoisotopic (exact) mass is 586 g/mol. The van der Waals surface area contributed by atoms with Crippen LogP contribution in [0.25, 0.3) is 0 Å². The van der Waals surface area contributed by atoms with Crippen molar-refractivity contribution in [1.29, 1.82) is 0 Å². The van der Waals surface area contributed by atoms with E-state index in [1.807, 2.05) is 13.8 Å². The molecule has 14 nitrogen and oxygen atoms in total. The zero-order valence-corrected chi connectivity index (χ0v) is 23.7. The first-order valence-corrected chi connectivity index (χ1v) is 14.0. The number of carbonyl (C=O) groups is 2. The Hall–Kier alpha value is -4.62. The van der Waals surface area contributed by atoms with Gasteiger partial charge in [-0.1, -0.05) is 0 Å².